The van der Waals surface area contributed by atoms with E-state index in [9.17, 15) is 0 Å². The SMILES string of the molecule is Cc1cc(NC(C)c2cccc(Br)c2)n2ncnc2c1. The topological polar surface area (TPSA) is 42.2 Å². The molecule has 0 saturated carbocycles. The van der Waals surface area contributed by atoms with Crippen LogP contribution in [0.4, 0.5) is 5.82 Å². The lowest BCUT2D eigenvalue weighted by atomic mass is 10.1. The zero-order valence-corrected chi connectivity index (χ0v) is 12.9. The van der Waals surface area contributed by atoms with Gasteiger partial charge in [-0.1, -0.05) is 28.1 Å². The van der Waals surface area contributed by atoms with E-state index >= 15 is 0 Å². The Kier molecular flexibility index (Phi) is 3.44. The molecule has 20 heavy (non-hydrogen) atoms. The number of fused-ring (bicyclic) bond motifs is 1. The Hall–Kier alpha value is -1.88. The molecule has 3 rings (SSSR count). The number of nitrogens with one attached hydrogen (secondary N) is 1. The number of pyridine rings is 1. The summed E-state index contributed by atoms with van der Waals surface area (Å²) < 4.78 is 2.90. The second-order valence-corrected chi connectivity index (χ2v) is 5.78. The van der Waals surface area contributed by atoms with Gasteiger partial charge in [0, 0.05) is 10.5 Å². The van der Waals surface area contributed by atoms with Crippen LogP contribution in [0.2, 0.25) is 0 Å². The molecular formula is C15H15BrN4. The lowest BCUT2D eigenvalue weighted by Crippen LogP contribution is -2.10. The molecule has 0 amide bonds. The van der Waals surface area contributed by atoms with Crippen molar-refractivity contribution < 1.29 is 0 Å². The van der Waals surface area contributed by atoms with Crippen molar-refractivity contribution in [1.82, 2.24) is 14.6 Å². The number of aromatic nitrogens is 3. The second-order valence-electron chi connectivity index (χ2n) is 4.87. The van der Waals surface area contributed by atoms with E-state index in [1.54, 1.807) is 6.33 Å². The van der Waals surface area contributed by atoms with E-state index in [1.165, 1.54) is 5.56 Å². The average molecular weight is 331 g/mol. The van der Waals surface area contributed by atoms with Gasteiger partial charge in [-0.2, -0.15) is 9.61 Å². The first-order valence-electron chi connectivity index (χ1n) is 6.46. The van der Waals surface area contributed by atoms with Gasteiger partial charge in [0.15, 0.2) is 5.65 Å². The molecule has 2 heterocycles. The summed E-state index contributed by atoms with van der Waals surface area (Å²) >= 11 is 3.51. The molecule has 2 aromatic heterocycles. The van der Waals surface area contributed by atoms with Crippen molar-refractivity contribution in [3.05, 3.63) is 58.3 Å². The smallest absolute Gasteiger partial charge is 0.157 e. The number of halogens is 1. The summed E-state index contributed by atoms with van der Waals surface area (Å²) in [5.41, 5.74) is 3.23. The van der Waals surface area contributed by atoms with Gasteiger partial charge in [0.2, 0.25) is 0 Å². The first-order valence-corrected chi connectivity index (χ1v) is 7.25. The van der Waals surface area contributed by atoms with E-state index in [-0.39, 0.29) is 6.04 Å². The molecular weight excluding hydrogens is 316 g/mol. The molecule has 0 saturated heterocycles. The third-order valence-corrected chi connectivity index (χ3v) is 3.73. The standard InChI is InChI=1S/C15H15BrN4/c1-10-6-14-17-9-18-20(14)15(7-10)19-11(2)12-4-3-5-13(16)8-12/h3-9,11,19H,1-2H3. The molecule has 1 unspecified atom stereocenters. The summed E-state index contributed by atoms with van der Waals surface area (Å²) in [7, 11) is 0. The van der Waals surface area contributed by atoms with Crippen LogP contribution in [0.3, 0.4) is 0 Å². The average Bonchev–Trinajstić information content (AvgIpc) is 2.86. The highest BCUT2D eigenvalue weighted by Crippen LogP contribution is 2.23. The summed E-state index contributed by atoms with van der Waals surface area (Å²) in [4.78, 5) is 4.24. The van der Waals surface area contributed by atoms with Gasteiger partial charge >= 0.3 is 0 Å². The van der Waals surface area contributed by atoms with E-state index < -0.39 is 0 Å². The molecule has 1 atom stereocenters. The minimum absolute atomic E-state index is 0.182. The molecule has 0 spiro atoms. The monoisotopic (exact) mass is 330 g/mol. The molecule has 0 bridgehead atoms. The zero-order chi connectivity index (χ0) is 14.1. The number of nitrogens with zero attached hydrogens (tertiary/aromatic N) is 3. The number of benzene rings is 1. The van der Waals surface area contributed by atoms with Gasteiger partial charge in [-0.3, -0.25) is 0 Å². The van der Waals surface area contributed by atoms with Crippen LogP contribution in [0.15, 0.2) is 47.2 Å². The predicted molar refractivity (Wildman–Crippen MR) is 83.9 cm³/mol. The number of rotatable bonds is 3. The number of hydrogen-bond acceptors (Lipinski definition) is 3. The molecule has 0 aliphatic rings. The molecule has 1 N–H and O–H groups in total. The number of aryl methyl sites for hydroxylation is 1. The molecule has 0 aliphatic heterocycles. The van der Waals surface area contributed by atoms with E-state index in [0.717, 1.165) is 21.5 Å². The lowest BCUT2D eigenvalue weighted by Gasteiger charge is -2.17. The minimum atomic E-state index is 0.182. The molecule has 102 valence electrons. The van der Waals surface area contributed by atoms with Gasteiger partial charge in [-0.15, -0.1) is 0 Å². The highest BCUT2D eigenvalue weighted by molar-refractivity contribution is 9.10. The third kappa shape index (κ3) is 2.54. The fraction of sp³-hybridized carbons (Fsp3) is 0.200. The van der Waals surface area contributed by atoms with E-state index in [1.807, 2.05) is 22.7 Å². The molecule has 0 radical (unpaired) electrons. The third-order valence-electron chi connectivity index (χ3n) is 3.24. The molecule has 5 heteroatoms. The highest BCUT2D eigenvalue weighted by atomic mass is 79.9. The van der Waals surface area contributed by atoms with Gasteiger partial charge in [0.05, 0.1) is 0 Å². The Morgan fingerprint density at radius 3 is 2.90 bits per heavy atom. The molecule has 1 aromatic carbocycles. The van der Waals surface area contributed by atoms with Crippen LogP contribution < -0.4 is 5.32 Å². The van der Waals surface area contributed by atoms with Crippen molar-refractivity contribution in [3.63, 3.8) is 0 Å². The van der Waals surface area contributed by atoms with Crippen LogP contribution in [0, 0.1) is 6.92 Å². The molecule has 0 aliphatic carbocycles. The highest BCUT2D eigenvalue weighted by Gasteiger charge is 2.09. The Morgan fingerprint density at radius 2 is 2.10 bits per heavy atom. The van der Waals surface area contributed by atoms with Gasteiger partial charge in [0.1, 0.15) is 12.1 Å². The maximum atomic E-state index is 4.26. The van der Waals surface area contributed by atoms with Crippen LogP contribution in [0.25, 0.3) is 5.65 Å². The van der Waals surface area contributed by atoms with Gasteiger partial charge in [0.25, 0.3) is 0 Å². The summed E-state index contributed by atoms with van der Waals surface area (Å²) in [6, 6.07) is 12.6. The summed E-state index contributed by atoms with van der Waals surface area (Å²) in [5, 5.41) is 7.75. The number of anilines is 1. The van der Waals surface area contributed by atoms with Crippen LogP contribution in [0.1, 0.15) is 24.1 Å². The lowest BCUT2D eigenvalue weighted by molar-refractivity contribution is 0.844. The fourth-order valence-electron chi connectivity index (χ4n) is 2.24. The number of hydrogen-bond donors (Lipinski definition) is 1. The van der Waals surface area contributed by atoms with Crippen LogP contribution in [0.5, 0.6) is 0 Å². The molecule has 4 nitrogen and oxygen atoms in total. The van der Waals surface area contributed by atoms with E-state index in [2.05, 4.69) is 63.4 Å². The fourth-order valence-corrected chi connectivity index (χ4v) is 2.66. The Bertz CT molecular complexity index is 750. The Morgan fingerprint density at radius 1 is 1.25 bits per heavy atom. The Balaban J connectivity index is 1.94. The van der Waals surface area contributed by atoms with Crippen molar-refractivity contribution in [2.75, 3.05) is 5.32 Å². The normalized spacial score (nSPS) is 12.6. The largest absolute Gasteiger partial charge is 0.363 e. The summed E-state index contributed by atoms with van der Waals surface area (Å²) in [6.45, 7) is 4.19. The van der Waals surface area contributed by atoms with Crippen LogP contribution >= 0.6 is 15.9 Å². The predicted octanol–water partition coefficient (Wildman–Crippen LogP) is 3.97. The zero-order valence-electron chi connectivity index (χ0n) is 11.3. The maximum absolute atomic E-state index is 4.26. The first kappa shape index (κ1) is 13.1. The van der Waals surface area contributed by atoms with Crippen molar-refractivity contribution in [2.24, 2.45) is 0 Å². The summed E-state index contributed by atoms with van der Waals surface area (Å²) in [5.74, 6) is 0.949. The Labute approximate surface area is 126 Å². The van der Waals surface area contributed by atoms with Gasteiger partial charge in [-0.05, 0) is 49.2 Å². The first-order chi connectivity index (χ1) is 9.63. The molecule has 0 fully saturated rings. The second kappa shape index (κ2) is 5.25. The van der Waals surface area contributed by atoms with E-state index in [4.69, 9.17) is 0 Å². The summed E-state index contributed by atoms with van der Waals surface area (Å²) in [6.07, 6.45) is 1.57. The van der Waals surface area contributed by atoms with Gasteiger partial charge < -0.3 is 5.32 Å². The quantitative estimate of drug-likeness (QED) is 0.789. The maximum Gasteiger partial charge on any atom is 0.157 e. The van der Waals surface area contributed by atoms with E-state index in [0.29, 0.717) is 0 Å². The van der Waals surface area contributed by atoms with Crippen molar-refractivity contribution >= 4 is 27.4 Å². The molecule has 3 aromatic rings. The minimum Gasteiger partial charge on any atom is -0.363 e. The van der Waals surface area contributed by atoms with Crippen molar-refractivity contribution in [2.45, 2.75) is 19.9 Å². The van der Waals surface area contributed by atoms with Crippen molar-refractivity contribution in [3.8, 4) is 0 Å². The van der Waals surface area contributed by atoms with Crippen molar-refractivity contribution in [1.29, 1.82) is 0 Å². The van der Waals surface area contributed by atoms with Crippen LogP contribution in [-0.2, 0) is 0 Å². The van der Waals surface area contributed by atoms with Gasteiger partial charge in [-0.25, -0.2) is 4.98 Å². The van der Waals surface area contributed by atoms with Crippen LogP contribution in [-0.4, -0.2) is 14.6 Å².